The fraction of sp³-hybridized carbons (Fsp3) is 0.294. The minimum atomic E-state index is -3.54. The monoisotopic (exact) mass is 319 g/mol. The first kappa shape index (κ1) is 16.5. The lowest BCUT2D eigenvalue weighted by atomic mass is 10.2. The molecule has 0 fully saturated rings. The van der Waals surface area contributed by atoms with Gasteiger partial charge in [-0.3, -0.25) is 0 Å². The van der Waals surface area contributed by atoms with Crippen LogP contribution in [0.3, 0.4) is 0 Å². The highest BCUT2D eigenvalue weighted by atomic mass is 32.2. The van der Waals surface area contributed by atoms with Crippen LogP contribution in [0.25, 0.3) is 0 Å². The van der Waals surface area contributed by atoms with Gasteiger partial charge in [0, 0.05) is 12.1 Å². The first-order valence-electron chi connectivity index (χ1n) is 7.21. The summed E-state index contributed by atoms with van der Waals surface area (Å²) in [4.78, 5) is 0.312. The number of nitrogens with one attached hydrogen (secondary N) is 1. The summed E-state index contributed by atoms with van der Waals surface area (Å²) in [6.45, 7) is 6.38. The number of para-hydroxylation sites is 1. The molecule has 0 saturated heterocycles. The third kappa shape index (κ3) is 3.87. The van der Waals surface area contributed by atoms with E-state index in [1.54, 1.807) is 19.1 Å². The first-order chi connectivity index (χ1) is 10.4. The molecule has 0 aliphatic rings. The van der Waals surface area contributed by atoms with Crippen molar-refractivity contribution in [3.8, 4) is 5.75 Å². The Morgan fingerprint density at radius 3 is 2.50 bits per heavy atom. The quantitative estimate of drug-likeness (QED) is 0.889. The summed E-state index contributed by atoms with van der Waals surface area (Å²) in [6, 6.07) is 12.7. The lowest BCUT2D eigenvalue weighted by molar-refractivity contribution is 0.336. The van der Waals surface area contributed by atoms with E-state index in [0.717, 1.165) is 16.7 Å². The van der Waals surface area contributed by atoms with E-state index in [1.165, 1.54) is 0 Å². The zero-order valence-electron chi connectivity index (χ0n) is 13.1. The van der Waals surface area contributed by atoms with E-state index in [2.05, 4.69) is 4.72 Å². The SMILES string of the molecule is CCOc1ccccc1CNS(=O)(=O)c1ccc(C)cc1C. The van der Waals surface area contributed by atoms with Gasteiger partial charge < -0.3 is 4.74 Å². The Labute approximate surface area is 132 Å². The molecule has 22 heavy (non-hydrogen) atoms. The summed E-state index contributed by atoms with van der Waals surface area (Å²) in [5.41, 5.74) is 2.60. The van der Waals surface area contributed by atoms with Gasteiger partial charge in [0.1, 0.15) is 5.75 Å². The van der Waals surface area contributed by atoms with Crippen LogP contribution in [0, 0.1) is 13.8 Å². The van der Waals surface area contributed by atoms with E-state index in [1.807, 2.05) is 44.2 Å². The van der Waals surface area contributed by atoms with Crippen molar-refractivity contribution in [3.63, 3.8) is 0 Å². The molecule has 0 bridgehead atoms. The molecule has 0 aliphatic heterocycles. The molecule has 0 unspecified atom stereocenters. The van der Waals surface area contributed by atoms with Crippen LogP contribution in [0.1, 0.15) is 23.6 Å². The Hall–Kier alpha value is -1.85. The summed E-state index contributed by atoms with van der Waals surface area (Å²) in [5.74, 6) is 0.702. The van der Waals surface area contributed by atoms with Gasteiger partial charge >= 0.3 is 0 Å². The molecule has 0 atom stereocenters. The molecule has 2 rings (SSSR count). The van der Waals surface area contributed by atoms with Gasteiger partial charge in [0.25, 0.3) is 0 Å². The molecule has 5 heteroatoms. The molecule has 0 saturated carbocycles. The van der Waals surface area contributed by atoms with Gasteiger partial charge in [-0.15, -0.1) is 0 Å². The number of ether oxygens (including phenoxy) is 1. The van der Waals surface area contributed by atoms with E-state index in [9.17, 15) is 8.42 Å². The molecule has 0 amide bonds. The van der Waals surface area contributed by atoms with E-state index < -0.39 is 10.0 Å². The number of hydrogen-bond acceptors (Lipinski definition) is 3. The van der Waals surface area contributed by atoms with Crippen LogP contribution in [0.2, 0.25) is 0 Å². The average molecular weight is 319 g/mol. The number of aryl methyl sites for hydroxylation is 2. The van der Waals surface area contributed by atoms with Crippen molar-refractivity contribution in [2.24, 2.45) is 0 Å². The highest BCUT2D eigenvalue weighted by Gasteiger charge is 2.17. The van der Waals surface area contributed by atoms with Gasteiger partial charge in [0.2, 0.25) is 10.0 Å². The Morgan fingerprint density at radius 2 is 1.82 bits per heavy atom. The Morgan fingerprint density at radius 1 is 1.09 bits per heavy atom. The maximum atomic E-state index is 12.5. The number of benzene rings is 2. The van der Waals surface area contributed by atoms with Crippen molar-refractivity contribution in [3.05, 3.63) is 59.2 Å². The van der Waals surface area contributed by atoms with Gasteiger partial charge in [-0.2, -0.15) is 0 Å². The Bertz CT molecular complexity index is 754. The highest BCUT2D eigenvalue weighted by Crippen LogP contribution is 2.20. The van der Waals surface area contributed by atoms with Gasteiger partial charge in [0.05, 0.1) is 11.5 Å². The third-order valence-electron chi connectivity index (χ3n) is 3.35. The van der Waals surface area contributed by atoms with Crippen LogP contribution in [-0.4, -0.2) is 15.0 Å². The molecule has 0 aliphatic carbocycles. The van der Waals surface area contributed by atoms with E-state index in [0.29, 0.717) is 17.3 Å². The second-order valence-electron chi connectivity index (χ2n) is 5.13. The second kappa shape index (κ2) is 6.94. The fourth-order valence-electron chi connectivity index (χ4n) is 2.30. The number of hydrogen-bond donors (Lipinski definition) is 1. The molecule has 0 radical (unpaired) electrons. The zero-order valence-corrected chi connectivity index (χ0v) is 13.9. The highest BCUT2D eigenvalue weighted by molar-refractivity contribution is 7.89. The normalized spacial score (nSPS) is 11.4. The summed E-state index contributed by atoms with van der Waals surface area (Å²) >= 11 is 0. The molecule has 0 spiro atoms. The van der Waals surface area contributed by atoms with Crippen LogP contribution in [0.4, 0.5) is 0 Å². The maximum absolute atomic E-state index is 12.5. The van der Waals surface area contributed by atoms with Crippen LogP contribution in [-0.2, 0) is 16.6 Å². The standard InChI is InChI=1S/C17H21NO3S/c1-4-21-16-8-6-5-7-15(16)12-18-22(19,20)17-10-9-13(2)11-14(17)3/h5-11,18H,4,12H2,1-3H3. The first-order valence-corrected chi connectivity index (χ1v) is 8.70. The average Bonchev–Trinajstić information content (AvgIpc) is 2.46. The molecular weight excluding hydrogens is 298 g/mol. The van der Waals surface area contributed by atoms with Crippen molar-refractivity contribution in [2.45, 2.75) is 32.2 Å². The second-order valence-corrected chi connectivity index (χ2v) is 6.87. The molecular formula is C17H21NO3S. The van der Waals surface area contributed by atoms with E-state index in [4.69, 9.17) is 4.74 Å². The van der Waals surface area contributed by atoms with Gasteiger partial charge in [-0.1, -0.05) is 35.9 Å². The van der Waals surface area contributed by atoms with Crippen molar-refractivity contribution in [2.75, 3.05) is 6.61 Å². The van der Waals surface area contributed by atoms with Crippen molar-refractivity contribution in [1.82, 2.24) is 4.72 Å². The minimum Gasteiger partial charge on any atom is -0.494 e. The topological polar surface area (TPSA) is 55.4 Å². The van der Waals surface area contributed by atoms with Crippen LogP contribution in [0.15, 0.2) is 47.4 Å². The summed E-state index contributed by atoms with van der Waals surface area (Å²) < 4.78 is 33.1. The predicted octanol–water partition coefficient (Wildman–Crippen LogP) is 3.18. The van der Waals surface area contributed by atoms with Gasteiger partial charge in [-0.25, -0.2) is 13.1 Å². The molecule has 0 heterocycles. The Balaban J connectivity index is 2.20. The molecule has 2 aromatic carbocycles. The van der Waals surface area contributed by atoms with Crippen molar-refractivity contribution >= 4 is 10.0 Å². The van der Waals surface area contributed by atoms with E-state index >= 15 is 0 Å². The molecule has 118 valence electrons. The van der Waals surface area contributed by atoms with E-state index in [-0.39, 0.29) is 6.54 Å². The number of sulfonamides is 1. The van der Waals surface area contributed by atoms with Gasteiger partial charge in [0.15, 0.2) is 0 Å². The smallest absolute Gasteiger partial charge is 0.241 e. The summed E-state index contributed by atoms with van der Waals surface area (Å²) in [6.07, 6.45) is 0. The Kier molecular flexibility index (Phi) is 5.21. The number of rotatable bonds is 6. The maximum Gasteiger partial charge on any atom is 0.241 e. The molecule has 0 aromatic heterocycles. The van der Waals surface area contributed by atoms with Crippen LogP contribution in [0.5, 0.6) is 5.75 Å². The third-order valence-corrected chi connectivity index (χ3v) is 4.91. The summed E-state index contributed by atoms with van der Waals surface area (Å²) in [5, 5.41) is 0. The molecule has 2 aromatic rings. The summed E-state index contributed by atoms with van der Waals surface area (Å²) in [7, 11) is -3.54. The zero-order chi connectivity index (χ0) is 16.2. The van der Waals surface area contributed by atoms with Crippen molar-refractivity contribution < 1.29 is 13.2 Å². The predicted molar refractivity (Wildman–Crippen MR) is 87.6 cm³/mol. The minimum absolute atomic E-state index is 0.200. The molecule has 4 nitrogen and oxygen atoms in total. The van der Waals surface area contributed by atoms with Crippen LogP contribution < -0.4 is 9.46 Å². The molecule has 1 N–H and O–H groups in total. The fourth-order valence-corrected chi connectivity index (χ4v) is 3.53. The van der Waals surface area contributed by atoms with Gasteiger partial charge in [-0.05, 0) is 38.5 Å². The lowest BCUT2D eigenvalue weighted by Gasteiger charge is -2.12. The van der Waals surface area contributed by atoms with Crippen molar-refractivity contribution in [1.29, 1.82) is 0 Å². The van der Waals surface area contributed by atoms with Crippen LogP contribution >= 0.6 is 0 Å². The lowest BCUT2D eigenvalue weighted by Crippen LogP contribution is -2.24. The largest absolute Gasteiger partial charge is 0.494 e.